The summed E-state index contributed by atoms with van der Waals surface area (Å²) in [6.07, 6.45) is 5.87. The Morgan fingerprint density at radius 1 is 1.23 bits per heavy atom. The molecular formula is C24H31N3O4. The van der Waals surface area contributed by atoms with E-state index >= 15 is 0 Å². The van der Waals surface area contributed by atoms with Crippen LogP contribution in [0.5, 0.6) is 11.5 Å². The number of amides is 2. The van der Waals surface area contributed by atoms with E-state index in [1.165, 1.54) is 25.9 Å². The molecule has 0 aromatic heterocycles. The maximum atomic E-state index is 13.3. The monoisotopic (exact) mass is 425 g/mol. The lowest BCUT2D eigenvalue weighted by Crippen LogP contribution is -2.67. The van der Waals surface area contributed by atoms with Gasteiger partial charge in [-0.25, -0.2) is 0 Å². The minimum Gasteiger partial charge on any atom is -0.497 e. The van der Waals surface area contributed by atoms with Crippen LogP contribution >= 0.6 is 0 Å². The Morgan fingerprint density at radius 2 is 2.06 bits per heavy atom. The van der Waals surface area contributed by atoms with Crippen LogP contribution in [0.15, 0.2) is 18.2 Å². The maximum Gasteiger partial charge on any atom is 0.258 e. The summed E-state index contributed by atoms with van der Waals surface area (Å²) < 4.78 is 11.8. The normalized spacial score (nSPS) is 40.1. The summed E-state index contributed by atoms with van der Waals surface area (Å²) in [4.78, 5) is 28.6. The second kappa shape index (κ2) is 7.12. The molecule has 8 rings (SSSR count). The molecule has 5 atom stereocenters. The number of ether oxygens (including phenoxy) is 2. The molecule has 1 spiro atoms. The molecule has 166 valence electrons. The van der Waals surface area contributed by atoms with Crippen molar-refractivity contribution >= 4 is 11.8 Å². The van der Waals surface area contributed by atoms with Crippen molar-refractivity contribution in [3.63, 3.8) is 0 Å². The van der Waals surface area contributed by atoms with Gasteiger partial charge in [-0.15, -0.1) is 0 Å². The van der Waals surface area contributed by atoms with Gasteiger partial charge in [-0.2, -0.15) is 0 Å². The van der Waals surface area contributed by atoms with E-state index in [0.717, 1.165) is 25.8 Å². The Kier molecular flexibility index (Phi) is 4.46. The van der Waals surface area contributed by atoms with Crippen molar-refractivity contribution in [3.05, 3.63) is 23.8 Å². The summed E-state index contributed by atoms with van der Waals surface area (Å²) in [5.41, 5.74) is -0.157. The highest BCUT2D eigenvalue weighted by atomic mass is 16.5. The minimum absolute atomic E-state index is 0.0204. The SMILES string of the molecule is COc1ccc2c(c1)O[C@]1(C[C@H]3CC[C@@H]1C[C@@H]3C(=O)N[C@@H]1CN3CCC1CC3)NC2=O. The fourth-order valence-electron chi connectivity index (χ4n) is 6.86. The second-order valence-corrected chi connectivity index (χ2v) is 10.1. The van der Waals surface area contributed by atoms with E-state index in [2.05, 4.69) is 15.5 Å². The Labute approximate surface area is 182 Å². The summed E-state index contributed by atoms with van der Waals surface area (Å²) >= 11 is 0. The highest BCUT2D eigenvalue weighted by Gasteiger charge is 2.57. The Balaban J connectivity index is 1.19. The zero-order valence-electron chi connectivity index (χ0n) is 18.1. The zero-order chi connectivity index (χ0) is 21.2. The molecule has 7 aliphatic rings. The smallest absolute Gasteiger partial charge is 0.258 e. The van der Waals surface area contributed by atoms with E-state index in [-0.39, 0.29) is 29.6 Å². The molecule has 3 aliphatic carbocycles. The molecule has 4 aliphatic heterocycles. The van der Waals surface area contributed by atoms with Crippen molar-refractivity contribution < 1.29 is 19.1 Å². The minimum atomic E-state index is -0.703. The molecule has 1 aromatic rings. The molecule has 2 amide bonds. The zero-order valence-corrected chi connectivity index (χ0v) is 18.1. The number of nitrogens with zero attached hydrogens (tertiary/aromatic N) is 1. The van der Waals surface area contributed by atoms with Crippen LogP contribution < -0.4 is 20.1 Å². The molecular weight excluding hydrogens is 394 g/mol. The number of piperidine rings is 3. The van der Waals surface area contributed by atoms with Crippen LogP contribution in [-0.2, 0) is 4.79 Å². The number of hydrogen-bond donors (Lipinski definition) is 2. The summed E-state index contributed by atoms with van der Waals surface area (Å²) in [6, 6.07) is 5.63. The van der Waals surface area contributed by atoms with Crippen molar-refractivity contribution in [2.45, 2.75) is 50.3 Å². The fraction of sp³-hybridized carbons (Fsp3) is 0.667. The van der Waals surface area contributed by atoms with Gasteiger partial charge in [0, 0.05) is 36.9 Å². The van der Waals surface area contributed by atoms with Crippen molar-refractivity contribution in [3.8, 4) is 11.5 Å². The van der Waals surface area contributed by atoms with Crippen molar-refractivity contribution in [1.82, 2.24) is 15.5 Å². The first kappa shape index (κ1) is 19.4. The number of rotatable bonds is 3. The molecule has 1 aromatic carbocycles. The highest BCUT2D eigenvalue weighted by molar-refractivity contribution is 5.98. The number of carbonyl (C=O) groups is 2. The van der Waals surface area contributed by atoms with Crippen LogP contribution in [0.3, 0.4) is 0 Å². The van der Waals surface area contributed by atoms with Crippen LogP contribution in [-0.4, -0.2) is 55.2 Å². The van der Waals surface area contributed by atoms with Crippen molar-refractivity contribution in [2.75, 3.05) is 26.7 Å². The first-order chi connectivity index (χ1) is 15.0. The molecule has 31 heavy (non-hydrogen) atoms. The van der Waals surface area contributed by atoms with Gasteiger partial charge in [0.2, 0.25) is 5.91 Å². The van der Waals surface area contributed by atoms with Gasteiger partial charge in [0.25, 0.3) is 5.91 Å². The number of methoxy groups -OCH3 is 1. The van der Waals surface area contributed by atoms with E-state index in [9.17, 15) is 9.59 Å². The fourth-order valence-corrected chi connectivity index (χ4v) is 6.86. The van der Waals surface area contributed by atoms with Crippen molar-refractivity contribution in [1.29, 1.82) is 0 Å². The lowest BCUT2D eigenvalue weighted by Gasteiger charge is -2.55. The summed E-state index contributed by atoms with van der Waals surface area (Å²) in [7, 11) is 1.61. The van der Waals surface area contributed by atoms with Gasteiger partial charge in [0.05, 0.1) is 12.7 Å². The molecule has 7 nitrogen and oxygen atoms in total. The van der Waals surface area contributed by atoms with Gasteiger partial charge >= 0.3 is 0 Å². The number of fused-ring (bicyclic) bond motifs is 6. The molecule has 3 saturated carbocycles. The van der Waals surface area contributed by atoms with E-state index in [4.69, 9.17) is 9.47 Å². The molecule has 4 heterocycles. The third-order valence-electron chi connectivity index (χ3n) is 8.59. The van der Waals surface area contributed by atoms with Gasteiger partial charge in [-0.1, -0.05) is 0 Å². The van der Waals surface area contributed by atoms with Crippen LogP contribution in [0.25, 0.3) is 0 Å². The van der Waals surface area contributed by atoms with Crippen LogP contribution in [0.1, 0.15) is 48.9 Å². The average Bonchev–Trinajstić information content (AvgIpc) is 2.79. The third kappa shape index (κ3) is 3.12. The lowest BCUT2D eigenvalue weighted by molar-refractivity contribution is -0.148. The predicted octanol–water partition coefficient (Wildman–Crippen LogP) is 2.16. The largest absolute Gasteiger partial charge is 0.497 e. The van der Waals surface area contributed by atoms with Crippen LogP contribution in [0.4, 0.5) is 0 Å². The topological polar surface area (TPSA) is 79.9 Å². The Hall–Kier alpha value is -2.28. The predicted molar refractivity (Wildman–Crippen MR) is 114 cm³/mol. The lowest BCUT2D eigenvalue weighted by atomic mass is 9.59. The first-order valence-electron chi connectivity index (χ1n) is 11.8. The molecule has 4 bridgehead atoms. The van der Waals surface area contributed by atoms with Gasteiger partial charge in [-0.3, -0.25) is 9.59 Å². The number of carbonyl (C=O) groups excluding carboxylic acids is 2. The van der Waals surface area contributed by atoms with Gasteiger partial charge in [0.1, 0.15) is 11.5 Å². The average molecular weight is 426 g/mol. The molecule has 0 radical (unpaired) electrons. The number of hydrogen-bond acceptors (Lipinski definition) is 5. The van der Waals surface area contributed by atoms with Gasteiger partial charge in [-0.05, 0) is 69.2 Å². The van der Waals surface area contributed by atoms with E-state index in [1.54, 1.807) is 25.3 Å². The van der Waals surface area contributed by atoms with Gasteiger partial charge in [0.15, 0.2) is 5.72 Å². The van der Waals surface area contributed by atoms with E-state index in [0.29, 0.717) is 35.4 Å². The molecule has 2 N–H and O–H groups in total. The van der Waals surface area contributed by atoms with Crippen LogP contribution in [0.2, 0.25) is 0 Å². The molecule has 0 unspecified atom stereocenters. The summed E-state index contributed by atoms with van der Waals surface area (Å²) in [5, 5.41) is 6.59. The Morgan fingerprint density at radius 3 is 2.74 bits per heavy atom. The number of nitrogens with one attached hydrogen (secondary N) is 2. The summed E-state index contributed by atoms with van der Waals surface area (Å²) in [6.45, 7) is 3.35. The first-order valence-corrected chi connectivity index (χ1v) is 11.8. The molecule has 7 heteroatoms. The molecule has 6 fully saturated rings. The maximum absolute atomic E-state index is 13.3. The highest BCUT2D eigenvalue weighted by Crippen LogP contribution is 2.52. The van der Waals surface area contributed by atoms with Crippen LogP contribution in [0, 0.1) is 23.7 Å². The molecule has 3 saturated heterocycles. The third-order valence-corrected chi connectivity index (χ3v) is 8.59. The van der Waals surface area contributed by atoms with E-state index < -0.39 is 5.72 Å². The number of benzene rings is 1. The standard InChI is InChI=1S/C24H31N3O4/c1-30-17-4-5-18-21(11-17)31-24(26-23(18)29)12-15-2-3-16(24)10-19(15)22(28)25-20-13-27-8-6-14(20)7-9-27/h4-5,11,14-16,19-20H,2-3,6-10,12-13H2,1H3,(H,25,28)(H,26,29)/t15-,16-,19+,20-,24+/m1/s1. The summed E-state index contributed by atoms with van der Waals surface area (Å²) in [5.74, 6) is 2.42. The van der Waals surface area contributed by atoms with Crippen molar-refractivity contribution in [2.24, 2.45) is 23.7 Å². The Bertz CT molecular complexity index is 912. The van der Waals surface area contributed by atoms with E-state index in [1.807, 2.05) is 0 Å². The second-order valence-electron chi connectivity index (χ2n) is 10.1. The quantitative estimate of drug-likeness (QED) is 0.776. The van der Waals surface area contributed by atoms with Gasteiger partial charge < -0.3 is 25.0 Å².